The van der Waals surface area contributed by atoms with E-state index >= 15 is 0 Å². The Morgan fingerprint density at radius 1 is 0.262 bits per heavy atom. The minimum absolute atomic E-state index is 0.638. The lowest BCUT2D eigenvalue weighted by Crippen LogP contribution is -2.00. The molecular weight excluding hydrogens is 759 g/mol. The van der Waals surface area contributed by atoms with Gasteiger partial charge in [-0.05, 0) is 77.8 Å². The van der Waals surface area contributed by atoms with Crippen LogP contribution in [0.3, 0.4) is 0 Å². The van der Waals surface area contributed by atoms with E-state index in [1.54, 1.807) is 0 Å². The van der Waals surface area contributed by atoms with Crippen molar-refractivity contribution < 1.29 is 0 Å². The number of hydrogen-bond acceptors (Lipinski definition) is 4. The average Bonchev–Trinajstić information content (AvgIpc) is 3.74. The van der Waals surface area contributed by atoms with Gasteiger partial charge in [0.05, 0.1) is 0 Å². The number of rotatable bonds is 6. The van der Waals surface area contributed by atoms with Crippen molar-refractivity contribution in [1.82, 2.24) is 15.0 Å². The minimum atomic E-state index is 0.638. The zero-order chi connectivity index (χ0) is 40.3. The second kappa shape index (κ2) is 14.5. The summed E-state index contributed by atoms with van der Waals surface area (Å²) in [6.45, 7) is 0. The van der Waals surface area contributed by atoms with E-state index in [1.165, 1.54) is 74.9 Å². The van der Waals surface area contributed by atoms with E-state index in [0.717, 1.165) is 27.6 Å². The lowest BCUT2D eigenvalue weighted by atomic mass is 9.93. The van der Waals surface area contributed by atoms with Gasteiger partial charge in [-0.2, -0.15) is 0 Å². The summed E-state index contributed by atoms with van der Waals surface area (Å²) < 4.78 is 2.44. The standard InChI is InChI=1S/C57H35N3S/c1-3-13-36(14-4-1)38-25-29-40(30-26-38)43-21-11-22-49-53-50(23-12-24-52(53)61-54(43)49)57-59-55(41-31-27-39(28-32-41)37-15-5-2-6-16-37)58-56(60-57)42-33-34-48-46-19-8-7-17-44(46)45-18-9-10-20-47(45)51(48)35-42/h1-35H. The van der Waals surface area contributed by atoms with Crippen LogP contribution < -0.4 is 0 Å². The van der Waals surface area contributed by atoms with Gasteiger partial charge in [-0.3, -0.25) is 0 Å². The van der Waals surface area contributed by atoms with Crippen molar-refractivity contribution in [3.05, 3.63) is 212 Å². The largest absolute Gasteiger partial charge is 0.208 e. The first-order valence-corrected chi connectivity index (χ1v) is 21.4. The Bertz CT molecular complexity index is 3580. The third-order valence-electron chi connectivity index (χ3n) is 12.0. The maximum Gasteiger partial charge on any atom is 0.164 e. The molecule has 2 heterocycles. The van der Waals surface area contributed by atoms with Gasteiger partial charge >= 0.3 is 0 Å². The van der Waals surface area contributed by atoms with Crippen molar-refractivity contribution in [3.8, 4) is 67.5 Å². The first kappa shape index (κ1) is 35.2. The normalized spacial score (nSPS) is 11.6. The molecule has 3 nitrogen and oxygen atoms in total. The van der Waals surface area contributed by atoms with Crippen LogP contribution in [0.25, 0.3) is 120 Å². The Balaban J connectivity index is 1.04. The molecular formula is C57H35N3S. The van der Waals surface area contributed by atoms with Gasteiger partial charge in [0, 0.05) is 36.9 Å². The first-order chi connectivity index (χ1) is 30.2. The molecule has 12 rings (SSSR count). The molecule has 10 aromatic carbocycles. The molecule has 61 heavy (non-hydrogen) atoms. The highest BCUT2D eigenvalue weighted by atomic mass is 32.1. The van der Waals surface area contributed by atoms with Gasteiger partial charge in [0.1, 0.15) is 0 Å². The molecule has 0 aliphatic carbocycles. The van der Waals surface area contributed by atoms with Gasteiger partial charge in [-0.15, -0.1) is 11.3 Å². The van der Waals surface area contributed by atoms with E-state index in [1.807, 2.05) is 17.4 Å². The van der Waals surface area contributed by atoms with Crippen molar-refractivity contribution in [3.63, 3.8) is 0 Å². The molecule has 4 heteroatoms. The quantitative estimate of drug-likeness (QED) is 0.157. The predicted molar refractivity (Wildman–Crippen MR) is 258 cm³/mol. The fraction of sp³-hybridized carbons (Fsp3) is 0. The number of hydrogen-bond donors (Lipinski definition) is 0. The molecule has 2 aromatic heterocycles. The first-order valence-electron chi connectivity index (χ1n) is 20.6. The fourth-order valence-electron chi connectivity index (χ4n) is 8.98. The van der Waals surface area contributed by atoms with E-state index in [2.05, 4.69) is 206 Å². The van der Waals surface area contributed by atoms with E-state index in [9.17, 15) is 0 Å². The lowest BCUT2D eigenvalue weighted by Gasteiger charge is -2.13. The molecule has 0 bridgehead atoms. The van der Waals surface area contributed by atoms with Gasteiger partial charge in [-0.1, -0.05) is 200 Å². The second-order valence-electron chi connectivity index (χ2n) is 15.5. The maximum absolute atomic E-state index is 5.35. The van der Waals surface area contributed by atoms with Crippen LogP contribution in [0.2, 0.25) is 0 Å². The van der Waals surface area contributed by atoms with Gasteiger partial charge < -0.3 is 0 Å². The Hall–Kier alpha value is -7.79. The summed E-state index contributed by atoms with van der Waals surface area (Å²) >= 11 is 1.83. The van der Waals surface area contributed by atoms with E-state index in [4.69, 9.17) is 15.0 Å². The number of benzene rings is 10. The van der Waals surface area contributed by atoms with Crippen molar-refractivity contribution in [2.24, 2.45) is 0 Å². The molecule has 0 saturated carbocycles. The summed E-state index contributed by atoms with van der Waals surface area (Å²) in [5.41, 5.74) is 10.0. The molecule has 0 radical (unpaired) electrons. The van der Waals surface area contributed by atoms with Crippen LogP contribution in [0, 0.1) is 0 Å². The molecule has 0 aliphatic rings. The molecule has 0 atom stereocenters. The van der Waals surface area contributed by atoms with Crippen molar-refractivity contribution >= 4 is 63.8 Å². The highest BCUT2D eigenvalue weighted by molar-refractivity contribution is 7.26. The minimum Gasteiger partial charge on any atom is -0.208 e. The zero-order valence-electron chi connectivity index (χ0n) is 33.0. The lowest BCUT2D eigenvalue weighted by molar-refractivity contribution is 1.08. The van der Waals surface area contributed by atoms with Gasteiger partial charge in [0.15, 0.2) is 17.5 Å². The van der Waals surface area contributed by atoms with Crippen LogP contribution >= 0.6 is 11.3 Å². The Labute approximate surface area is 356 Å². The topological polar surface area (TPSA) is 38.7 Å². The molecule has 0 N–H and O–H groups in total. The molecule has 0 fully saturated rings. The van der Waals surface area contributed by atoms with Crippen molar-refractivity contribution in [2.45, 2.75) is 0 Å². The maximum atomic E-state index is 5.35. The van der Waals surface area contributed by atoms with E-state index in [0.29, 0.717) is 17.5 Å². The van der Waals surface area contributed by atoms with Gasteiger partial charge in [0.25, 0.3) is 0 Å². The molecule has 0 spiro atoms. The Morgan fingerprint density at radius 2 is 0.689 bits per heavy atom. The smallest absolute Gasteiger partial charge is 0.164 e. The zero-order valence-corrected chi connectivity index (χ0v) is 33.8. The van der Waals surface area contributed by atoms with E-state index in [-0.39, 0.29) is 0 Å². The number of aromatic nitrogens is 3. The van der Waals surface area contributed by atoms with Crippen molar-refractivity contribution in [2.75, 3.05) is 0 Å². The monoisotopic (exact) mass is 793 g/mol. The van der Waals surface area contributed by atoms with Crippen LogP contribution in [0.1, 0.15) is 0 Å². The molecule has 284 valence electrons. The van der Waals surface area contributed by atoms with Crippen molar-refractivity contribution in [1.29, 1.82) is 0 Å². The predicted octanol–water partition coefficient (Wildman–Crippen LogP) is 15.7. The Morgan fingerprint density at radius 3 is 1.31 bits per heavy atom. The SMILES string of the molecule is c1ccc(-c2ccc(-c3nc(-c4ccc5c6ccccc6c6ccccc6c5c4)nc(-c4cccc5sc6c(-c7ccc(-c8ccccc8)cc7)cccc6c45)n3)cc2)cc1. The van der Waals surface area contributed by atoms with Crippen LogP contribution in [-0.4, -0.2) is 15.0 Å². The molecule has 0 unspecified atom stereocenters. The molecule has 0 aliphatic heterocycles. The van der Waals surface area contributed by atoms with Crippen LogP contribution in [0.15, 0.2) is 212 Å². The second-order valence-corrected chi connectivity index (χ2v) is 16.6. The molecule has 0 amide bonds. The summed E-state index contributed by atoms with van der Waals surface area (Å²) in [6.07, 6.45) is 0. The van der Waals surface area contributed by atoms with E-state index < -0.39 is 0 Å². The summed E-state index contributed by atoms with van der Waals surface area (Å²) in [6, 6.07) is 75.7. The third-order valence-corrected chi connectivity index (χ3v) is 13.2. The summed E-state index contributed by atoms with van der Waals surface area (Å²) in [7, 11) is 0. The van der Waals surface area contributed by atoms with Gasteiger partial charge in [0.2, 0.25) is 0 Å². The summed E-state index contributed by atoms with van der Waals surface area (Å²) in [4.78, 5) is 15.9. The average molecular weight is 794 g/mol. The van der Waals surface area contributed by atoms with Crippen LogP contribution in [0.4, 0.5) is 0 Å². The highest BCUT2D eigenvalue weighted by Crippen LogP contribution is 2.44. The summed E-state index contributed by atoms with van der Waals surface area (Å²) in [5.74, 6) is 1.93. The van der Waals surface area contributed by atoms with Gasteiger partial charge in [-0.25, -0.2) is 15.0 Å². The third kappa shape index (κ3) is 6.07. The van der Waals surface area contributed by atoms with Crippen LogP contribution in [-0.2, 0) is 0 Å². The molecule has 12 aromatic rings. The fourth-order valence-corrected chi connectivity index (χ4v) is 10.2. The van der Waals surface area contributed by atoms with Crippen LogP contribution in [0.5, 0.6) is 0 Å². The highest BCUT2D eigenvalue weighted by Gasteiger charge is 2.19. The Kier molecular flexibility index (Phi) is 8.36. The summed E-state index contributed by atoms with van der Waals surface area (Å²) in [5, 5.41) is 9.68. The number of nitrogens with zero attached hydrogens (tertiary/aromatic N) is 3. The molecule has 0 saturated heterocycles. The number of thiophene rings is 1. The number of fused-ring (bicyclic) bond motifs is 9.